The van der Waals surface area contributed by atoms with Crippen molar-refractivity contribution in [1.82, 2.24) is 4.98 Å². The Morgan fingerprint density at radius 3 is 2.73 bits per heavy atom. The van der Waals surface area contributed by atoms with Crippen molar-refractivity contribution >= 4 is 17.5 Å². The maximum absolute atomic E-state index is 5.79. The number of nitrogens with two attached hydrogens (primary N) is 1. The third-order valence-corrected chi connectivity index (χ3v) is 4.62. The SMILES string of the molecule is Nc1ccc(/C=C2/C(c3cccnc3)=NC3CCC2C3)cc1. The summed E-state index contributed by atoms with van der Waals surface area (Å²) in [4.78, 5) is 9.25. The van der Waals surface area contributed by atoms with Crippen molar-refractivity contribution in [1.29, 1.82) is 0 Å². The molecule has 1 fully saturated rings. The van der Waals surface area contributed by atoms with Gasteiger partial charge in [-0.1, -0.05) is 12.1 Å². The van der Waals surface area contributed by atoms with Gasteiger partial charge in [0.1, 0.15) is 0 Å². The number of rotatable bonds is 2. The summed E-state index contributed by atoms with van der Waals surface area (Å²) in [5, 5.41) is 0. The van der Waals surface area contributed by atoms with E-state index in [0.717, 1.165) is 17.0 Å². The molecule has 22 heavy (non-hydrogen) atoms. The number of pyridine rings is 1. The van der Waals surface area contributed by atoms with Gasteiger partial charge in [-0.15, -0.1) is 0 Å². The molecule has 3 heteroatoms. The third-order valence-electron chi connectivity index (χ3n) is 4.62. The first-order chi connectivity index (χ1) is 10.8. The summed E-state index contributed by atoms with van der Waals surface area (Å²) in [5.74, 6) is 0.621. The van der Waals surface area contributed by atoms with Crippen LogP contribution in [0.4, 0.5) is 5.69 Å². The summed E-state index contributed by atoms with van der Waals surface area (Å²) in [5.41, 5.74) is 11.4. The van der Waals surface area contributed by atoms with Gasteiger partial charge in [-0.3, -0.25) is 9.98 Å². The molecule has 110 valence electrons. The Morgan fingerprint density at radius 2 is 1.95 bits per heavy atom. The third kappa shape index (κ3) is 2.43. The molecule has 0 spiro atoms. The predicted molar refractivity (Wildman–Crippen MR) is 90.7 cm³/mol. The summed E-state index contributed by atoms with van der Waals surface area (Å²) < 4.78 is 0. The maximum atomic E-state index is 5.79. The number of hydrogen-bond donors (Lipinski definition) is 1. The zero-order chi connectivity index (χ0) is 14.9. The normalized spacial score (nSPS) is 25.3. The summed E-state index contributed by atoms with van der Waals surface area (Å²) >= 11 is 0. The standard InChI is InChI=1S/C19H19N3/c20-16-6-3-13(4-7-16)10-18-14-5-8-17(11-14)22-19(18)15-2-1-9-21-12-15/h1-4,6-7,9-10,12,14,17H,5,8,11,20H2/b18-10+. The Hall–Kier alpha value is -2.42. The van der Waals surface area contributed by atoms with Crippen LogP contribution in [0.15, 0.2) is 59.4 Å². The highest BCUT2D eigenvalue weighted by Crippen LogP contribution is 2.40. The van der Waals surface area contributed by atoms with Crippen LogP contribution in [0.2, 0.25) is 0 Å². The monoisotopic (exact) mass is 289 g/mol. The molecule has 1 aromatic heterocycles. The number of nitrogen functional groups attached to an aromatic ring is 1. The molecular weight excluding hydrogens is 270 g/mol. The van der Waals surface area contributed by atoms with Crippen molar-refractivity contribution in [3.8, 4) is 0 Å². The fraction of sp³-hybridized carbons (Fsp3) is 0.263. The Kier molecular flexibility index (Phi) is 3.26. The number of allylic oxidation sites excluding steroid dienone is 1. The number of hydrogen-bond acceptors (Lipinski definition) is 3. The highest BCUT2D eigenvalue weighted by molar-refractivity contribution is 6.15. The van der Waals surface area contributed by atoms with Gasteiger partial charge in [0.25, 0.3) is 0 Å². The van der Waals surface area contributed by atoms with Crippen LogP contribution in [0.3, 0.4) is 0 Å². The van der Waals surface area contributed by atoms with E-state index in [1.165, 1.54) is 30.4 Å². The molecule has 0 saturated heterocycles. The molecule has 1 aliphatic heterocycles. The minimum atomic E-state index is 0.490. The average molecular weight is 289 g/mol. The fourth-order valence-corrected chi connectivity index (χ4v) is 3.51. The lowest BCUT2D eigenvalue weighted by atomic mass is 9.87. The molecule has 2 atom stereocenters. The molecular formula is C19H19N3. The molecule has 2 aliphatic rings. The highest BCUT2D eigenvalue weighted by Gasteiger charge is 2.34. The number of aliphatic imine (C=N–C) groups is 1. The molecule has 4 rings (SSSR count). The molecule has 2 N–H and O–H groups in total. The van der Waals surface area contributed by atoms with Gasteiger partial charge >= 0.3 is 0 Å². The first-order valence-corrected chi connectivity index (χ1v) is 7.85. The second-order valence-corrected chi connectivity index (χ2v) is 6.15. The minimum Gasteiger partial charge on any atom is -0.399 e. The van der Waals surface area contributed by atoms with Gasteiger partial charge in [0.05, 0.1) is 11.8 Å². The van der Waals surface area contributed by atoms with E-state index in [1.54, 1.807) is 0 Å². The number of benzene rings is 1. The zero-order valence-electron chi connectivity index (χ0n) is 12.4. The fourth-order valence-electron chi connectivity index (χ4n) is 3.51. The van der Waals surface area contributed by atoms with Gasteiger partial charge in [0.2, 0.25) is 0 Å². The molecule has 1 aromatic carbocycles. The van der Waals surface area contributed by atoms with Crippen LogP contribution in [-0.4, -0.2) is 16.7 Å². The van der Waals surface area contributed by atoms with Gasteiger partial charge in [0, 0.05) is 23.6 Å². The first kappa shape index (κ1) is 13.3. The van der Waals surface area contributed by atoms with Crippen LogP contribution in [0.1, 0.15) is 30.4 Å². The number of anilines is 1. The zero-order valence-corrected chi connectivity index (χ0v) is 12.4. The molecule has 0 radical (unpaired) electrons. The highest BCUT2D eigenvalue weighted by atomic mass is 14.8. The van der Waals surface area contributed by atoms with E-state index >= 15 is 0 Å². The van der Waals surface area contributed by atoms with E-state index in [4.69, 9.17) is 10.7 Å². The van der Waals surface area contributed by atoms with Crippen LogP contribution in [-0.2, 0) is 0 Å². The van der Waals surface area contributed by atoms with Crippen molar-refractivity contribution < 1.29 is 0 Å². The Morgan fingerprint density at radius 1 is 1.09 bits per heavy atom. The summed E-state index contributed by atoms with van der Waals surface area (Å²) in [6.07, 6.45) is 9.62. The van der Waals surface area contributed by atoms with Gasteiger partial charge < -0.3 is 5.73 Å². The largest absolute Gasteiger partial charge is 0.399 e. The molecule has 1 aliphatic carbocycles. The van der Waals surface area contributed by atoms with Crippen molar-refractivity contribution in [2.24, 2.45) is 10.9 Å². The van der Waals surface area contributed by atoms with Crippen LogP contribution >= 0.6 is 0 Å². The second kappa shape index (κ2) is 5.41. The lowest BCUT2D eigenvalue weighted by molar-refractivity contribution is 0.621. The molecule has 0 amide bonds. The van der Waals surface area contributed by atoms with Crippen molar-refractivity contribution in [2.75, 3.05) is 5.73 Å². The summed E-state index contributed by atoms with van der Waals surface area (Å²) in [6, 6.07) is 12.6. The first-order valence-electron chi connectivity index (χ1n) is 7.85. The van der Waals surface area contributed by atoms with Crippen LogP contribution in [0.5, 0.6) is 0 Å². The topological polar surface area (TPSA) is 51.3 Å². The Bertz CT molecular complexity index is 729. The van der Waals surface area contributed by atoms with E-state index in [2.05, 4.69) is 29.3 Å². The Balaban J connectivity index is 1.79. The number of nitrogens with zero attached hydrogens (tertiary/aromatic N) is 2. The maximum Gasteiger partial charge on any atom is 0.0700 e. The second-order valence-electron chi connectivity index (χ2n) is 6.15. The van der Waals surface area contributed by atoms with E-state index in [0.29, 0.717) is 12.0 Å². The van der Waals surface area contributed by atoms with E-state index < -0.39 is 0 Å². The molecule has 2 aromatic rings. The average Bonchev–Trinajstić information content (AvgIpc) is 2.95. The number of aromatic nitrogens is 1. The van der Waals surface area contributed by atoms with E-state index in [9.17, 15) is 0 Å². The van der Waals surface area contributed by atoms with Crippen LogP contribution in [0, 0.1) is 5.92 Å². The van der Waals surface area contributed by atoms with Gasteiger partial charge in [-0.25, -0.2) is 0 Å². The van der Waals surface area contributed by atoms with Gasteiger partial charge in [0.15, 0.2) is 0 Å². The van der Waals surface area contributed by atoms with Crippen molar-refractivity contribution in [3.63, 3.8) is 0 Å². The van der Waals surface area contributed by atoms with E-state index in [1.807, 2.05) is 30.6 Å². The summed E-state index contributed by atoms with van der Waals surface area (Å²) in [7, 11) is 0. The predicted octanol–water partition coefficient (Wildman–Crippen LogP) is 3.72. The lowest BCUT2D eigenvalue weighted by Crippen LogP contribution is -2.20. The van der Waals surface area contributed by atoms with Crippen molar-refractivity contribution in [2.45, 2.75) is 25.3 Å². The quantitative estimate of drug-likeness (QED) is 0.857. The van der Waals surface area contributed by atoms with Crippen LogP contribution in [0.25, 0.3) is 6.08 Å². The molecule has 2 unspecified atom stereocenters. The molecule has 2 heterocycles. The summed E-state index contributed by atoms with van der Waals surface area (Å²) in [6.45, 7) is 0. The van der Waals surface area contributed by atoms with Crippen molar-refractivity contribution in [3.05, 3.63) is 65.5 Å². The van der Waals surface area contributed by atoms with Crippen LogP contribution < -0.4 is 5.73 Å². The molecule has 1 saturated carbocycles. The Labute approximate surface area is 130 Å². The lowest BCUT2D eigenvalue weighted by Gasteiger charge is -2.23. The smallest absolute Gasteiger partial charge is 0.0700 e. The van der Waals surface area contributed by atoms with Gasteiger partial charge in [-0.05, 0) is 66.7 Å². The minimum absolute atomic E-state index is 0.490. The number of fused-ring (bicyclic) bond motifs is 2. The van der Waals surface area contributed by atoms with E-state index in [-0.39, 0.29) is 0 Å². The van der Waals surface area contributed by atoms with Gasteiger partial charge in [-0.2, -0.15) is 0 Å². The molecule has 3 nitrogen and oxygen atoms in total. The molecule has 2 bridgehead atoms.